The van der Waals surface area contributed by atoms with Crippen LogP contribution in [0.25, 0.3) is 11.1 Å². The highest BCUT2D eigenvalue weighted by Gasteiger charge is 2.33. The number of rotatable bonds is 14. The van der Waals surface area contributed by atoms with Crippen molar-refractivity contribution in [1.82, 2.24) is 10.2 Å². The largest absolute Gasteiger partial charge is 0.480 e. The summed E-state index contributed by atoms with van der Waals surface area (Å²) in [6.07, 6.45) is 8.58. The van der Waals surface area contributed by atoms with Crippen LogP contribution in [0.3, 0.4) is 0 Å². The Morgan fingerprint density at radius 2 is 1.70 bits per heavy atom. The number of hydrogen-bond donors (Lipinski definition) is 2. The van der Waals surface area contributed by atoms with Crippen LogP contribution in [0.15, 0.2) is 42.5 Å². The molecular formula is C36H54N2O8S. The zero-order valence-corrected chi connectivity index (χ0v) is 29.7. The van der Waals surface area contributed by atoms with Crippen molar-refractivity contribution < 1.29 is 37.3 Å². The van der Waals surface area contributed by atoms with E-state index in [2.05, 4.69) is 10.2 Å². The van der Waals surface area contributed by atoms with Gasteiger partial charge < -0.3 is 24.6 Å². The van der Waals surface area contributed by atoms with E-state index < -0.39 is 27.8 Å². The number of benzene rings is 2. The van der Waals surface area contributed by atoms with E-state index in [0.717, 1.165) is 48.8 Å². The summed E-state index contributed by atoms with van der Waals surface area (Å²) < 4.78 is 40.1. The minimum Gasteiger partial charge on any atom is -0.480 e. The normalized spacial score (nSPS) is 19.6. The number of carbonyl (C=O) groups excluding carboxylic acids is 1. The SMILES string of the molecule is COC(C)C.COC1C[C@@H](COC2CCCCC2)N(Cc2ccc(C(=O)NC(CCS(C)(=O)=O)C(=O)O)c(-c3ccccc3C)c2)C1. The van der Waals surface area contributed by atoms with Crippen LogP contribution in [0, 0.1) is 6.92 Å². The first-order chi connectivity index (χ1) is 22.3. The molecule has 0 aromatic heterocycles. The topological polar surface area (TPSA) is 131 Å². The van der Waals surface area contributed by atoms with Crippen molar-refractivity contribution in [2.45, 2.75) is 103 Å². The molecule has 1 aliphatic heterocycles. The molecule has 1 aliphatic carbocycles. The van der Waals surface area contributed by atoms with Gasteiger partial charge in [-0.15, -0.1) is 0 Å². The van der Waals surface area contributed by atoms with Gasteiger partial charge in [0.15, 0.2) is 0 Å². The number of ether oxygens (including phenoxy) is 3. The van der Waals surface area contributed by atoms with Gasteiger partial charge in [-0.1, -0.05) is 49.6 Å². The van der Waals surface area contributed by atoms with Crippen molar-refractivity contribution in [2.75, 3.05) is 39.4 Å². The maximum absolute atomic E-state index is 13.4. The third-order valence-electron chi connectivity index (χ3n) is 8.90. The number of carboxylic acids is 1. The summed E-state index contributed by atoms with van der Waals surface area (Å²) in [6.45, 7) is 8.08. The Balaban J connectivity index is 0.00000111. The zero-order chi connectivity index (χ0) is 34.6. The van der Waals surface area contributed by atoms with E-state index in [0.29, 0.717) is 36.5 Å². The van der Waals surface area contributed by atoms with Crippen molar-refractivity contribution in [3.05, 3.63) is 59.2 Å². The van der Waals surface area contributed by atoms with E-state index in [1.54, 1.807) is 20.3 Å². The molecule has 2 aromatic rings. The molecule has 2 aromatic carbocycles. The van der Waals surface area contributed by atoms with Gasteiger partial charge in [0.1, 0.15) is 15.9 Å². The molecule has 2 fully saturated rings. The average molecular weight is 675 g/mol. The second-order valence-electron chi connectivity index (χ2n) is 13.0. The monoisotopic (exact) mass is 674 g/mol. The molecule has 0 spiro atoms. The number of amides is 1. The number of aryl methyl sites for hydroxylation is 1. The van der Waals surface area contributed by atoms with Crippen LogP contribution in [-0.4, -0.2) is 100 Å². The number of sulfone groups is 1. The highest BCUT2D eigenvalue weighted by molar-refractivity contribution is 7.90. The van der Waals surface area contributed by atoms with Gasteiger partial charge in [0.25, 0.3) is 5.91 Å². The summed E-state index contributed by atoms with van der Waals surface area (Å²) >= 11 is 0. The lowest BCUT2D eigenvalue weighted by molar-refractivity contribution is -0.139. The molecule has 10 nitrogen and oxygen atoms in total. The van der Waals surface area contributed by atoms with Gasteiger partial charge in [-0.05, 0) is 80.8 Å². The van der Waals surface area contributed by atoms with Gasteiger partial charge in [-0.2, -0.15) is 0 Å². The lowest BCUT2D eigenvalue weighted by Crippen LogP contribution is -2.42. The first-order valence-corrected chi connectivity index (χ1v) is 18.7. The molecule has 11 heteroatoms. The zero-order valence-electron chi connectivity index (χ0n) is 28.9. The summed E-state index contributed by atoms with van der Waals surface area (Å²) in [5.74, 6) is -2.16. The molecule has 1 heterocycles. The lowest BCUT2D eigenvalue weighted by atomic mass is 9.93. The number of likely N-dealkylation sites (tertiary alicyclic amines) is 1. The van der Waals surface area contributed by atoms with E-state index >= 15 is 0 Å². The summed E-state index contributed by atoms with van der Waals surface area (Å²) in [7, 11) is 0.0607. The van der Waals surface area contributed by atoms with Crippen LogP contribution < -0.4 is 5.32 Å². The summed E-state index contributed by atoms with van der Waals surface area (Å²) in [5, 5.41) is 12.2. The molecule has 262 valence electrons. The predicted molar refractivity (Wildman–Crippen MR) is 184 cm³/mol. The fourth-order valence-electron chi connectivity index (χ4n) is 6.00. The minimum absolute atomic E-state index is 0.130. The molecule has 47 heavy (non-hydrogen) atoms. The van der Waals surface area contributed by atoms with E-state index in [9.17, 15) is 23.1 Å². The fraction of sp³-hybridized carbons (Fsp3) is 0.611. The van der Waals surface area contributed by atoms with Crippen LogP contribution in [0.1, 0.15) is 80.3 Å². The van der Waals surface area contributed by atoms with Crippen LogP contribution >= 0.6 is 0 Å². The number of carboxylic acid groups (broad SMARTS) is 1. The Hall–Kier alpha value is -2.83. The second-order valence-corrected chi connectivity index (χ2v) is 15.3. The van der Waals surface area contributed by atoms with Crippen LogP contribution in [0.5, 0.6) is 0 Å². The predicted octanol–water partition coefficient (Wildman–Crippen LogP) is 5.26. The maximum Gasteiger partial charge on any atom is 0.326 e. The molecule has 0 radical (unpaired) electrons. The fourth-order valence-corrected chi connectivity index (χ4v) is 6.66. The van der Waals surface area contributed by atoms with Gasteiger partial charge in [0.2, 0.25) is 0 Å². The molecule has 1 saturated carbocycles. The highest BCUT2D eigenvalue weighted by Crippen LogP contribution is 2.31. The number of hydrogen-bond acceptors (Lipinski definition) is 8. The van der Waals surface area contributed by atoms with Crippen molar-refractivity contribution in [2.24, 2.45) is 0 Å². The molecule has 4 rings (SSSR count). The van der Waals surface area contributed by atoms with E-state index in [1.807, 2.05) is 57.2 Å². The van der Waals surface area contributed by atoms with Crippen molar-refractivity contribution >= 4 is 21.7 Å². The number of methoxy groups -OCH3 is 2. The standard InChI is InChI=1S/C32H44N2O7S.C4H10O/c1-22-9-7-8-12-27(22)29-17-23(13-14-28(29)31(35)33-30(32(36)37)15-16-42(3,38)39)19-34-20-26(40-2)18-24(34)21-41-25-10-5-4-6-11-25;1-4(2)5-3/h7-9,12-14,17,24-26,30H,4-6,10-11,15-16,18-21H2,1-3H3,(H,33,35)(H,36,37);4H,1-3H3/t24-,26?,30?;/m0./s1. The first kappa shape index (κ1) is 38.6. The Morgan fingerprint density at radius 3 is 2.30 bits per heavy atom. The molecule has 1 saturated heterocycles. The summed E-state index contributed by atoms with van der Waals surface area (Å²) in [6, 6.07) is 12.3. The molecular weight excluding hydrogens is 620 g/mol. The van der Waals surface area contributed by atoms with Gasteiger partial charge in [-0.3, -0.25) is 9.69 Å². The molecule has 2 aliphatic rings. The van der Waals surface area contributed by atoms with E-state index in [-0.39, 0.29) is 24.3 Å². The third-order valence-corrected chi connectivity index (χ3v) is 9.88. The lowest BCUT2D eigenvalue weighted by Gasteiger charge is -2.28. The van der Waals surface area contributed by atoms with Gasteiger partial charge >= 0.3 is 5.97 Å². The number of carbonyl (C=O) groups is 2. The molecule has 0 bridgehead atoms. The minimum atomic E-state index is -3.39. The van der Waals surface area contributed by atoms with Crippen molar-refractivity contribution in [1.29, 1.82) is 0 Å². The quantitative estimate of drug-likeness (QED) is 0.276. The van der Waals surface area contributed by atoms with Crippen molar-refractivity contribution in [3.63, 3.8) is 0 Å². The van der Waals surface area contributed by atoms with Crippen molar-refractivity contribution in [3.8, 4) is 11.1 Å². The molecule has 2 N–H and O–H groups in total. The van der Waals surface area contributed by atoms with Gasteiger partial charge in [0.05, 0.1) is 30.7 Å². The maximum atomic E-state index is 13.4. The Bertz CT molecular complexity index is 1410. The summed E-state index contributed by atoms with van der Waals surface area (Å²) in [5.41, 5.74) is 3.92. The molecule has 3 atom stereocenters. The highest BCUT2D eigenvalue weighted by atomic mass is 32.2. The molecule has 2 unspecified atom stereocenters. The summed E-state index contributed by atoms with van der Waals surface area (Å²) in [4.78, 5) is 27.7. The first-order valence-electron chi connectivity index (χ1n) is 16.6. The smallest absolute Gasteiger partial charge is 0.326 e. The van der Waals surface area contributed by atoms with E-state index in [4.69, 9.17) is 14.2 Å². The van der Waals surface area contributed by atoms with Crippen LogP contribution in [0.4, 0.5) is 0 Å². The number of aliphatic carboxylic acids is 1. The molecule has 1 amide bonds. The number of nitrogens with zero attached hydrogens (tertiary/aromatic N) is 1. The van der Waals surface area contributed by atoms with Crippen LogP contribution in [-0.2, 0) is 35.4 Å². The Kier molecular flexibility index (Phi) is 15.3. The van der Waals surface area contributed by atoms with Crippen LogP contribution in [0.2, 0.25) is 0 Å². The average Bonchev–Trinajstić information content (AvgIpc) is 3.43. The van der Waals surface area contributed by atoms with Gasteiger partial charge in [-0.25, -0.2) is 13.2 Å². The number of nitrogens with one attached hydrogen (secondary N) is 1. The van der Waals surface area contributed by atoms with Gasteiger partial charge in [0, 0.05) is 45.2 Å². The van der Waals surface area contributed by atoms with E-state index in [1.165, 1.54) is 19.3 Å². The Labute approximate surface area is 281 Å². The Morgan fingerprint density at radius 1 is 1.02 bits per heavy atom. The third kappa shape index (κ3) is 12.6. The second kappa shape index (κ2) is 18.6.